The van der Waals surface area contributed by atoms with Gasteiger partial charge in [0.1, 0.15) is 22.2 Å². The summed E-state index contributed by atoms with van der Waals surface area (Å²) in [5.74, 6) is -3.52. The third-order valence-electron chi connectivity index (χ3n) is 3.65. The van der Waals surface area contributed by atoms with Crippen molar-refractivity contribution in [2.45, 2.75) is 0 Å². The number of pyridine rings is 1. The van der Waals surface area contributed by atoms with Crippen molar-refractivity contribution in [2.24, 2.45) is 0 Å². The zero-order valence-electron chi connectivity index (χ0n) is 15.0. The van der Waals surface area contributed by atoms with Crippen molar-refractivity contribution in [1.29, 1.82) is 0 Å². The summed E-state index contributed by atoms with van der Waals surface area (Å²) in [4.78, 5) is 27.9. The zero-order valence-corrected chi connectivity index (χ0v) is 18.0. The highest BCUT2D eigenvalue weighted by molar-refractivity contribution is 6.38. The molecular formula is C19H9Cl4F2N3O3. The number of hydrogen-bond acceptors (Lipinski definition) is 4. The molecule has 1 aromatic heterocycles. The first kappa shape index (κ1) is 23.0. The number of nitrogens with one attached hydrogen (secondary N) is 2. The summed E-state index contributed by atoms with van der Waals surface area (Å²) in [6, 6.07) is 5.72. The molecule has 0 radical (unpaired) electrons. The van der Waals surface area contributed by atoms with E-state index in [2.05, 4.69) is 10.3 Å². The Bertz CT molecular complexity index is 1150. The lowest BCUT2D eigenvalue weighted by Crippen LogP contribution is -2.35. The van der Waals surface area contributed by atoms with E-state index in [4.69, 9.17) is 51.1 Å². The number of rotatable bonds is 4. The molecule has 0 aliphatic heterocycles. The van der Waals surface area contributed by atoms with E-state index in [-0.39, 0.29) is 32.4 Å². The highest BCUT2D eigenvalue weighted by Crippen LogP contribution is 2.40. The first-order valence-corrected chi connectivity index (χ1v) is 9.71. The number of nitrogens with zero attached hydrogens (tertiary/aromatic N) is 1. The van der Waals surface area contributed by atoms with Crippen LogP contribution in [0.15, 0.2) is 42.6 Å². The van der Waals surface area contributed by atoms with Crippen LogP contribution in [0.4, 0.5) is 19.3 Å². The lowest BCUT2D eigenvalue weighted by molar-refractivity contribution is 0.0959. The molecule has 0 saturated heterocycles. The molecule has 0 atom stereocenters. The normalized spacial score (nSPS) is 10.5. The second kappa shape index (κ2) is 9.65. The van der Waals surface area contributed by atoms with Crippen LogP contribution < -0.4 is 15.4 Å². The molecule has 0 aliphatic carbocycles. The van der Waals surface area contributed by atoms with Gasteiger partial charge in [0, 0.05) is 11.9 Å². The highest BCUT2D eigenvalue weighted by Gasteiger charge is 2.20. The predicted molar refractivity (Wildman–Crippen MR) is 114 cm³/mol. The number of benzene rings is 2. The Labute approximate surface area is 194 Å². The van der Waals surface area contributed by atoms with Gasteiger partial charge in [-0.05, 0) is 30.3 Å². The van der Waals surface area contributed by atoms with Gasteiger partial charge in [0.25, 0.3) is 5.91 Å². The van der Waals surface area contributed by atoms with E-state index in [1.165, 1.54) is 24.4 Å². The molecular weight excluding hydrogens is 498 g/mol. The smallest absolute Gasteiger partial charge is 0.326 e. The van der Waals surface area contributed by atoms with Gasteiger partial charge in [-0.3, -0.25) is 10.1 Å². The number of ether oxygens (including phenoxy) is 1. The zero-order chi connectivity index (χ0) is 22.7. The molecule has 1 heterocycles. The molecule has 0 fully saturated rings. The van der Waals surface area contributed by atoms with Crippen LogP contribution in [0.5, 0.6) is 11.6 Å². The standard InChI is InChI=1S/C19H9Cl4F2N3O3/c20-8-4-12(23)18(26-7-8)31-16-10(21)5-9(6-11(16)22)27-19(30)28-17(29)15-13(24)2-1-3-14(15)25/h1-7H,(H2,27,28,29,30). The van der Waals surface area contributed by atoms with E-state index in [1.54, 1.807) is 5.32 Å². The lowest BCUT2D eigenvalue weighted by atomic mass is 10.2. The second-order valence-corrected chi connectivity index (χ2v) is 7.47. The second-order valence-electron chi connectivity index (χ2n) is 5.82. The van der Waals surface area contributed by atoms with Gasteiger partial charge in [-0.1, -0.05) is 52.5 Å². The minimum Gasteiger partial charge on any atom is -0.434 e. The van der Waals surface area contributed by atoms with Crippen molar-refractivity contribution in [3.63, 3.8) is 0 Å². The SMILES string of the molecule is O=C(NC(=O)c1c(F)cccc1F)Nc1cc(Cl)c(Oc2ncc(Cl)cc2Cl)c(Cl)c1. The molecule has 0 bridgehead atoms. The molecule has 0 saturated carbocycles. The first-order chi connectivity index (χ1) is 14.7. The maximum absolute atomic E-state index is 13.7. The highest BCUT2D eigenvalue weighted by atomic mass is 35.5. The van der Waals surface area contributed by atoms with Crippen LogP contribution in [0.3, 0.4) is 0 Å². The Kier molecular flexibility index (Phi) is 7.17. The van der Waals surface area contributed by atoms with Crippen molar-refractivity contribution in [3.8, 4) is 11.6 Å². The van der Waals surface area contributed by atoms with E-state index in [1.807, 2.05) is 0 Å². The summed E-state index contributed by atoms with van der Waals surface area (Å²) in [5, 5.41) is 4.44. The average Bonchev–Trinajstić information content (AvgIpc) is 2.65. The third-order valence-corrected chi connectivity index (χ3v) is 4.68. The number of anilines is 1. The molecule has 0 spiro atoms. The summed E-state index contributed by atoms with van der Waals surface area (Å²) in [6.45, 7) is 0. The first-order valence-electron chi connectivity index (χ1n) is 8.20. The Morgan fingerprint density at radius 1 is 0.935 bits per heavy atom. The Hall–Kier alpha value is -2.65. The van der Waals surface area contributed by atoms with Gasteiger partial charge in [-0.15, -0.1) is 0 Å². The van der Waals surface area contributed by atoms with Crippen LogP contribution in [0.25, 0.3) is 0 Å². The Morgan fingerprint density at radius 2 is 1.55 bits per heavy atom. The third kappa shape index (κ3) is 5.54. The van der Waals surface area contributed by atoms with Crippen molar-refractivity contribution >= 4 is 64.0 Å². The Balaban J connectivity index is 1.74. The molecule has 3 aromatic rings. The fraction of sp³-hybridized carbons (Fsp3) is 0. The fourth-order valence-electron chi connectivity index (χ4n) is 2.35. The van der Waals surface area contributed by atoms with Gasteiger partial charge < -0.3 is 10.1 Å². The van der Waals surface area contributed by atoms with Crippen LogP contribution >= 0.6 is 46.4 Å². The topological polar surface area (TPSA) is 80.3 Å². The van der Waals surface area contributed by atoms with Gasteiger partial charge >= 0.3 is 6.03 Å². The summed E-state index contributed by atoms with van der Waals surface area (Å²) < 4.78 is 32.8. The molecule has 12 heteroatoms. The van der Waals surface area contributed by atoms with Gasteiger partial charge in [0.2, 0.25) is 5.88 Å². The molecule has 2 aromatic carbocycles. The minimum absolute atomic E-state index is 0.00415. The molecule has 0 unspecified atom stereocenters. The van der Waals surface area contributed by atoms with Crippen LogP contribution in [-0.4, -0.2) is 16.9 Å². The van der Waals surface area contributed by atoms with Gasteiger partial charge in [0.05, 0.1) is 15.1 Å². The lowest BCUT2D eigenvalue weighted by Gasteiger charge is -2.13. The quantitative estimate of drug-likeness (QED) is 0.411. The maximum atomic E-state index is 13.7. The van der Waals surface area contributed by atoms with Crippen LogP contribution in [0.1, 0.15) is 10.4 Å². The van der Waals surface area contributed by atoms with Crippen molar-refractivity contribution < 1.29 is 23.1 Å². The number of carbonyl (C=O) groups excluding carboxylic acids is 2. The molecule has 3 amide bonds. The number of carbonyl (C=O) groups is 2. The number of urea groups is 1. The van der Waals surface area contributed by atoms with E-state index in [0.717, 1.165) is 18.2 Å². The van der Waals surface area contributed by atoms with E-state index < -0.39 is 29.1 Å². The number of halogens is 6. The molecule has 6 nitrogen and oxygen atoms in total. The molecule has 0 aliphatic rings. The maximum Gasteiger partial charge on any atom is 0.326 e. The number of hydrogen-bond donors (Lipinski definition) is 2. The van der Waals surface area contributed by atoms with Crippen LogP contribution in [0.2, 0.25) is 20.1 Å². The van der Waals surface area contributed by atoms with Crippen molar-refractivity contribution in [1.82, 2.24) is 10.3 Å². The molecule has 31 heavy (non-hydrogen) atoms. The van der Waals surface area contributed by atoms with Gasteiger partial charge in [-0.2, -0.15) is 0 Å². The van der Waals surface area contributed by atoms with E-state index in [0.29, 0.717) is 5.02 Å². The largest absolute Gasteiger partial charge is 0.434 e. The summed E-state index contributed by atoms with van der Waals surface area (Å²) >= 11 is 24.1. The fourth-order valence-corrected chi connectivity index (χ4v) is 3.33. The van der Waals surface area contributed by atoms with Crippen LogP contribution in [-0.2, 0) is 0 Å². The predicted octanol–water partition coefficient (Wildman–Crippen LogP) is 6.73. The monoisotopic (exact) mass is 505 g/mol. The summed E-state index contributed by atoms with van der Waals surface area (Å²) in [7, 11) is 0. The van der Waals surface area contributed by atoms with Gasteiger partial charge in [0.15, 0.2) is 5.75 Å². The van der Waals surface area contributed by atoms with E-state index in [9.17, 15) is 18.4 Å². The molecule has 3 rings (SSSR count). The molecule has 2 N–H and O–H groups in total. The number of imide groups is 1. The van der Waals surface area contributed by atoms with Crippen LogP contribution in [0, 0.1) is 11.6 Å². The minimum atomic E-state index is -1.27. The van der Waals surface area contributed by atoms with Gasteiger partial charge in [-0.25, -0.2) is 18.6 Å². The summed E-state index contributed by atoms with van der Waals surface area (Å²) in [6.07, 6.45) is 1.31. The Morgan fingerprint density at radius 3 is 2.13 bits per heavy atom. The van der Waals surface area contributed by atoms with Crippen molar-refractivity contribution in [2.75, 3.05) is 5.32 Å². The van der Waals surface area contributed by atoms with E-state index >= 15 is 0 Å². The number of amides is 3. The summed E-state index contributed by atoms with van der Waals surface area (Å²) in [5.41, 5.74) is -0.832. The van der Waals surface area contributed by atoms with Crippen molar-refractivity contribution in [3.05, 3.63) is 79.9 Å². The number of aromatic nitrogens is 1. The average molecular weight is 507 g/mol. The molecule has 160 valence electrons.